The van der Waals surface area contributed by atoms with Crippen molar-refractivity contribution in [3.05, 3.63) is 65.2 Å². The van der Waals surface area contributed by atoms with Crippen LogP contribution in [0.3, 0.4) is 0 Å². The zero-order valence-corrected chi connectivity index (χ0v) is 13.9. The monoisotopic (exact) mass is 346 g/mol. The van der Waals surface area contributed by atoms with Gasteiger partial charge in [0.1, 0.15) is 11.6 Å². The van der Waals surface area contributed by atoms with Gasteiger partial charge < -0.3 is 10.6 Å². The van der Waals surface area contributed by atoms with Gasteiger partial charge in [0.15, 0.2) is 0 Å². The maximum Gasteiger partial charge on any atom is 0.224 e. The summed E-state index contributed by atoms with van der Waals surface area (Å²) in [7, 11) is 1.57. The Kier molecular flexibility index (Phi) is 6.62. The third-order valence-corrected chi connectivity index (χ3v) is 3.83. The maximum atomic E-state index is 13.6. The predicted molar refractivity (Wildman–Crippen MR) is 92.1 cm³/mol. The van der Waals surface area contributed by atoms with E-state index in [1.54, 1.807) is 19.2 Å². The van der Waals surface area contributed by atoms with Crippen molar-refractivity contribution in [1.29, 1.82) is 0 Å². The number of hydrogen-bond acceptors (Lipinski definition) is 2. The molecule has 4 nitrogen and oxygen atoms in total. The first kappa shape index (κ1) is 18.6. The van der Waals surface area contributed by atoms with Crippen molar-refractivity contribution in [2.75, 3.05) is 12.4 Å². The summed E-state index contributed by atoms with van der Waals surface area (Å²) in [6.07, 6.45) is 1.08. The summed E-state index contributed by atoms with van der Waals surface area (Å²) in [6, 6.07) is 10.6. The number of para-hydroxylation sites is 1. The minimum atomic E-state index is -0.654. The highest BCUT2D eigenvalue weighted by Gasteiger charge is 2.10. The minimum absolute atomic E-state index is 0.0757. The molecule has 6 heteroatoms. The van der Waals surface area contributed by atoms with Gasteiger partial charge in [-0.2, -0.15) is 0 Å². The highest BCUT2D eigenvalue weighted by atomic mass is 19.1. The SMILES string of the molecule is CNC(=O)CCc1ccccc1NC(=O)CCc1ccc(F)cc1F. The number of anilines is 1. The van der Waals surface area contributed by atoms with Crippen molar-refractivity contribution < 1.29 is 18.4 Å². The molecule has 0 aliphatic carbocycles. The Morgan fingerprint density at radius 3 is 2.32 bits per heavy atom. The first-order chi connectivity index (χ1) is 12.0. The summed E-state index contributed by atoms with van der Waals surface area (Å²) in [5.41, 5.74) is 1.79. The first-order valence-electron chi connectivity index (χ1n) is 8.02. The lowest BCUT2D eigenvalue weighted by atomic mass is 10.1. The van der Waals surface area contributed by atoms with E-state index in [9.17, 15) is 18.4 Å². The lowest BCUT2D eigenvalue weighted by Gasteiger charge is -2.11. The summed E-state index contributed by atoms with van der Waals surface area (Å²) < 4.78 is 26.5. The van der Waals surface area contributed by atoms with Gasteiger partial charge in [-0.3, -0.25) is 9.59 Å². The van der Waals surface area contributed by atoms with Gasteiger partial charge in [0.25, 0.3) is 0 Å². The van der Waals surface area contributed by atoms with Crippen molar-refractivity contribution >= 4 is 17.5 Å². The fourth-order valence-electron chi connectivity index (χ4n) is 2.42. The Morgan fingerprint density at radius 2 is 1.60 bits per heavy atom. The first-order valence-corrected chi connectivity index (χ1v) is 8.02. The van der Waals surface area contributed by atoms with E-state index >= 15 is 0 Å². The standard InChI is InChI=1S/C19H20F2N2O2/c1-22-18(24)10-8-14-4-2-3-5-17(14)23-19(25)11-7-13-6-9-15(20)12-16(13)21/h2-6,9,12H,7-8,10-11H2,1H3,(H,22,24)(H,23,25). The smallest absolute Gasteiger partial charge is 0.224 e. The fraction of sp³-hybridized carbons (Fsp3) is 0.263. The molecule has 0 fully saturated rings. The highest BCUT2D eigenvalue weighted by Crippen LogP contribution is 2.18. The van der Waals surface area contributed by atoms with Crippen molar-refractivity contribution in [2.24, 2.45) is 0 Å². The number of halogens is 2. The lowest BCUT2D eigenvalue weighted by molar-refractivity contribution is -0.120. The van der Waals surface area contributed by atoms with Crippen LogP contribution in [0, 0.1) is 11.6 Å². The molecule has 2 N–H and O–H groups in total. The number of carbonyl (C=O) groups excluding carboxylic acids is 2. The number of carbonyl (C=O) groups is 2. The van der Waals surface area contributed by atoms with Crippen molar-refractivity contribution in [3.8, 4) is 0 Å². The van der Waals surface area contributed by atoms with Crippen molar-refractivity contribution in [1.82, 2.24) is 5.32 Å². The largest absolute Gasteiger partial charge is 0.359 e. The molecule has 0 spiro atoms. The molecular formula is C19H20F2N2O2. The van der Waals surface area contributed by atoms with Crippen LogP contribution in [0.4, 0.5) is 14.5 Å². The molecule has 0 aliphatic heterocycles. The van der Waals surface area contributed by atoms with E-state index < -0.39 is 11.6 Å². The van der Waals surface area contributed by atoms with E-state index in [0.29, 0.717) is 24.1 Å². The summed E-state index contributed by atoms with van der Waals surface area (Å²) in [4.78, 5) is 23.5. The minimum Gasteiger partial charge on any atom is -0.359 e. The number of benzene rings is 2. The number of amides is 2. The van der Waals surface area contributed by atoms with E-state index in [1.165, 1.54) is 12.1 Å². The van der Waals surface area contributed by atoms with Crippen LogP contribution < -0.4 is 10.6 Å². The zero-order valence-electron chi connectivity index (χ0n) is 13.9. The molecule has 0 saturated heterocycles. The van der Waals surface area contributed by atoms with Gasteiger partial charge >= 0.3 is 0 Å². The van der Waals surface area contributed by atoms with Gasteiger partial charge in [0.2, 0.25) is 11.8 Å². The molecule has 0 atom stereocenters. The molecule has 0 saturated carbocycles. The molecule has 132 valence electrons. The van der Waals surface area contributed by atoms with Gasteiger partial charge in [-0.1, -0.05) is 24.3 Å². The predicted octanol–water partition coefficient (Wildman–Crippen LogP) is 3.21. The van der Waals surface area contributed by atoms with E-state index in [2.05, 4.69) is 10.6 Å². The topological polar surface area (TPSA) is 58.2 Å². The van der Waals surface area contributed by atoms with Gasteiger partial charge in [-0.05, 0) is 36.1 Å². The van der Waals surface area contributed by atoms with Crippen LogP contribution in [-0.2, 0) is 22.4 Å². The Bertz CT molecular complexity index is 763. The summed E-state index contributed by atoms with van der Waals surface area (Å²) >= 11 is 0. The van der Waals surface area contributed by atoms with Crippen LogP contribution in [-0.4, -0.2) is 18.9 Å². The Morgan fingerprint density at radius 1 is 0.920 bits per heavy atom. The van der Waals surface area contributed by atoms with Crippen LogP contribution in [0.15, 0.2) is 42.5 Å². The van der Waals surface area contributed by atoms with Crippen LogP contribution in [0.5, 0.6) is 0 Å². The van der Waals surface area contributed by atoms with Crippen LogP contribution in [0.25, 0.3) is 0 Å². The van der Waals surface area contributed by atoms with Crippen molar-refractivity contribution in [3.63, 3.8) is 0 Å². The van der Waals surface area contributed by atoms with Crippen LogP contribution in [0.2, 0.25) is 0 Å². The third kappa shape index (κ3) is 5.67. The van der Waals surface area contributed by atoms with Crippen LogP contribution in [0.1, 0.15) is 24.0 Å². The van der Waals surface area contributed by atoms with E-state index in [-0.39, 0.29) is 24.7 Å². The second-order valence-electron chi connectivity index (χ2n) is 5.61. The molecule has 0 heterocycles. The lowest BCUT2D eigenvalue weighted by Crippen LogP contribution is -2.19. The highest BCUT2D eigenvalue weighted by molar-refractivity contribution is 5.91. The Labute approximate surface area is 145 Å². The van der Waals surface area contributed by atoms with Gasteiger partial charge in [-0.15, -0.1) is 0 Å². The van der Waals surface area contributed by atoms with Crippen LogP contribution >= 0.6 is 0 Å². The molecule has 0 aromatic heterocycles. The van der Waals surface area contributed by atoms with E-state index in [0.717, 1.165) is 11.6 Å². The van der Waals surface area contributed by atoms with Gasteiger partial charge in [-0.25, -0.2) is 8.78 Å². The number of hydrogen-bond donors (Lipinski definition) is 2. The number of nitrogens with one attached hydrogen (secondary N) is 2. The molecule has 0 unspecified atom stereocenters. The summed E-state index contributed by atoms with van der Waals surface area (Å²) in [6.45, 7) is 0. The molecule has 0 bridgehead atoms. The molecule has 0 radical (unpaired) electrons. The van der Waals surface area contributed by atoms with Gasteiger partial charge in [0, 0.05) is 31.6 Å². The molecule has 0 aliphatic rings. The Balaban J connectivity index is 1.95. The average Bonchev–Trinajstić information content (AvgIpc) is 2.60. The molecular weight excluding hydrogens is 326 g/mol. The Hall–Kier alpha value is -2.76. The van der Waals surface area contributed by atoms with Gasteiger partial charge in [0.05, 0.1) is 0 Å². The quantitative estimate of drug-likeness (QED) is 0.809. The molecule has 25 heavy (non-hydrogen) atoms. The maximum absolute atomic E-state index is 13.6. The third-order valence-electron chi connectivity index (χ3n) is 3.83. The zero-order chi connectivity index (χ0) is 18.2. The normalized spacial score (nSPS) is 10.4. The second kappa shape index (κ2) is 8.92. The summed E-state index contributed by atoms with van der Waals surface area (Å²) in [5, 5.41) is 5.34. The summed E-state index contributed by atoms with van der Waals surface area (Å²) in [5.74, 6) is -1.64. The number of rotatable bonds is 7. The molecule has 2 rings (SSSR count). The average molecular weight is 346 g/mol. The number of aryl methyl sites for hydroxylation is 2. The second-order valence-corrected chi connectivity index (χ2v) is 5.61. The molecule has 2 aromatic rings. The fourth-order valence-corrected chi connectivity index (χ4v) is 2.42. The van der Waals surface area contributed by atoms with E-state index in [4.69, 9.17) is 0 Å². The van der Waals surface area contributed by atoms with Crippen molar-refractivity contribution in [2.45, 2.75) is 25.7 Å². The van der Waals surface area contributed by atoms with E-state index in [1.807, 2.05) is 12.1 Å². The molecule has 2 amide bonds. The molecule has 2 aromatic carbocycles.